The fourth-order valence-corrected chi connectivity index (χ4v) is 3.00. The van der Waals surface area contributed by atoms with Crippen LogP contribution < -0.4 is 10.6 Å². The van der Waals surface area contributed by atoms with Crippen LogP contribution in [0.4, 0.5) is 10.5 Å². The van der Waals surface area contributed by atoms with Gasteiger partial charge in [0.1, 0.15) is 11.7 Å². The van der Waals surface area contributed by atoms with Crippen molar-refractivity contribution in [3.05, 3.63) is 60.7 Å². The van der Waals surface area contributed by atoms with E-state index in [1.54, 1.807) is 36.5 Å². The number of furan rings is 1. The van der Waals surface area contributed by atoms with Crippen molar-refractivity contribution in [1.29, 1.82) is 0 Å². The quantitative estimate of drug-likeness (QED) is 0.690. The Morgan fingerprint density at radius 1 is 1.22 bits per heavy atom. The summed E-state index contributed by atoms with van der Waals surface area (Å²) >= 11 is 0. The number of pyridine rings is 1. The molecule has 1 unspecified atom stereocenters. The van der Waals surface area contributed by atoms with Gasteiger partial charge in [0.05, 0.1) is 24.0 Å². The van der Waals surface area contributed by atoms with E-state index in [-0.39, 0.29) is 13.1 Å². The number of carbonyl (C=O) groups excluding carboxylic acids is 3. The highest BCUT2D eigenvalue weighted by molar-refractivity contribution is 6.13. The monoisotopic (exact) mass is 364 g/mol. The molecule has 1 saturated heterocycles. The Morgan fingerprint density at radius 3 is 2.89 bits per heavy atom. The number of nitrogens with one attached hydrogen (secondary N) is 2. The lowest BCUT2D eigenvalue weighted by molar-refractivity contribution is -0.139. The lowest BCUT2D eigenvalue weighted by atomic mass is 10.0. The largest absolute Gasteiger partial charge is 0.467 e. The number of rotatable bonds is 4. The van der Waals surface area contributed by atoms with Crippen molar-refractivity contribution in [3.8, 4) is 0 Å². The first-order valence-electron chi connectivity index (χ1n) is 8.39. The van der Waals surface area contributed by atoms with Crippen LogP contribution in [0.1, 0.15) is 5.76 Å². The maximum Gasteiger partial charge on any atom is 0.324 e. The summed E-state index contributed by atoms with van der Waals surface area (Å²) in [6, 6.07) is 11.9. The van der Waals surface area contributed by atoms with Gasteiger partial charge in [0.25, 0.3) is 0 Å². The van der Waals surface area contributed by atoms with Crippen molar-refractivity contribution in [2.45, 2.75) is 6.54 Å². The number of imide groups is 1. The molecule has 1 fully saturated rings. The van der Waals surface area contributed by atoms with Gasteiger partial charge < -0.3 is 15.1 Å². The average molecular weight is 364 g/mol. The van der Waals surface area contributed by atoms with E-state index in [0.717, 1.165) is 10.3 Å². The Balaban J connectivity index is 1.54. The molecule has 4 rings (SSSR count). The van der Waals surface area contributed by atoms with Crippen LogP contribution in [-0.2, 0) is 16.1 Å². The number of benzene rings is 1. The van der Waals surface area contributed by atoms with Crippen LogP contribution in [-0.4, -0.2) is 34.3 Å². The zero-order valence-corrected chi connectivity index (χ0v) is 14.2. The molecule has 1 aliphatic heterocycles. The molecule has 0 bridgehead atoms. The van der Waals surface area contributed by atoms with Gasteiger partial charge in [0.15, 0.2) is 0 Å². The van der Waals surface area contributed by atoms with Crippen molar-refractivity contribution in [1.82, 2.24) is 15.2 Å². The number of urea groups is 1. The molecule has 1 aromatic carbocycles. The second-order valence-electron chi connectivity index (χ2n) is 6.11. The van der Waals surface area contributed by atoms with Crippen LogP contribution in [0.5, 0.6) is 0 Å². The molecule has 0 spiro atoms. The minimum absolute atomic E-state index is 0.0305. The summed E-state index contributed by atoms with van der Waals surface area (Å²) in [5, 5.41) is 6.21. The summed E-state index contributed by atoms with van der Waals surface area (Å²) in [4.78, 5) is 42.7. The number of nitrogens with zero attached hydrogens (tertiary/aromatic N) is 2. The van der Waals surface area contributed by atoms with Crippen molar-refractivity contribution in [3.63, 3.8) is 0 Å². The van der Waals surface area contributed by atoms with E-state index in [4.69, 9.17) is 4.42 Å². The molecule has 3 heterocycles. The summed E-state index contributed by atoms with van der Waals surface area (Å²) in [6.45, 7) is -0.0897. The molecule has 1 aliphatic rings. The van der Waals surface area contributed by atoms with Crippen LogP contribution in [0.15, 0.2) is 59.3 Å². The molecule has 8 heteroatoms. The van der Waals surface area contributed by atoms with Gasteiger partial charge in [-0.05, 0) is 24.3 Å². The Bertz CT molecular complexity index is 1010. The summed E-state index contributed by atoms with van der Waals surface area (Å²) in [5.74, 6) is -1.64. The molecular weight excluding hydrogens is 348 g/mol. The number of hydrogen-bond donors (Lipinski definition) is 2. The molecule has 0 radical (unpaired) electrons. The van der Waals surface area contributed by atoms with Gasteiger partial charge in [-0.2, -0.15) is 0 Å². The van der Waals surface area contributed by atoms with Gasteiger partial charge in [0, 0.05) is 18.1 Å². The molecule has 1 atom stereocenters. The summed E-state index contributed by atoms with van der Waals surface area (Å²) in [6.07, 6.45) is 3.09. The summed E-state index contributed by atoms with van der Waals surface area (Å²) in [7, 11) is 0. The van der Waals surface area contributed by atoms with E-state index in [9.17, 15) is 14.4 Å². The summed E-state index contributed by atoms with van der Waals surface area (Å²) in [5.41, 5.74) is 1.15. The third-order valence-corrected chi connectivity index (χ3v) is 4.37. The van der Waals surface area contributed by atoms with Crippen LogP contribution >= 0.6 is 0 Å². The molecule has 8 nitrogen and oxygen atoms in total. The Morgan fingerprint density at radius 2 is 2.07 bits per heavy atom. The van der Waals surface area contributed by atoms with Gasteiger partial charge in [0.2, 0.25) is 11.8 Å². The lowest BCUT2D eigenvalue weighted by Gasteiger charge is -2.30. The maximum absolute atomic E-state index is 12.7. The SMILES string of the molecule is O=C(Nc1cccc2cccnc12)C1CNC(=O)N(Cc2ccco2)C1=O. The minimum Gasteiger partial charge on any atom is -0.467 e. The van der Waals surface area contributed by atoms with Crippen LogP contribution in [0.2, 0.25) is 0 Å². The van der Waals surface area contributed by atoms with Gasteiger partial charge in [-0.3, -0.25) is 19.5 Å². The third-order valence-electron chi connectivity index (χ3n) is 4.37. The molecule has 3 aromatic rings. The molecule has 4 amide bonds. The Labute approximate surface area is 154 Å². The first-order valence-corrected chi connectivity index (χ1v) is 8.39. The molecular formula is C19H16N4O4. The third kappa shape index (κ3) is 3.24. The van der Waals surface area contributed by atoms with E-state index in [1.807, 2.05) is 12.1 Å². The average Bonchev–Trinajstić information content (AvgIpc) is 3.18. The second-order valence-corrected chi connectivity index (χ2v) is 6.11. The predicted octanol–water partition coefficient (Wildman–Crippen LogP) is 2.13. The van der Waals surface area contributed by atoms with Gasteiger partial charge in [-0.1, -0.05) is 18.2 Å². The fraction of sp³-hybridized carbons (Fsp3) is 0.158. The van der Waals surface area contributed by atoms with E-state index >= 15 is 0 Å². The Hall–Kier alpha value is -3.68. The normalized spacial score (nSPS) is 17.0. The zero-order valence-electron chi connectivity index (χ0n) is 14.2. The van der Waals surface area contributed by atoms with Gasteiger partial charge >= 0.3 is 6.03 Å². The first kappa shape index (κ1) is 16.8. The predicted molar refractivity (Wildman–Crippen MR) is 96.5 cm³/mol. The fourth-order valence-electron chi connectivity index (χ4n) is 3.00. The van der Waals surface area contributed by atoms with Crippen molar-refractivity contribution in [2.75, 3.05) is 11.9 Å². The molecule has 27 heavy (non-hydrogen) atoms. The Kier molecular flexibility index (Phi) is 4.29. The minimum atomic E-state index is -1.03. The van der Waals surface area contributed by atoms with Gasteiger partial charge in [-0.25, -0.2) is 4.79 Å². The number of aromatic nitrogens is 1. The van der Waals surface area contributed by atoms with Crippen molar-refractivity contribution < 1.29 is 18.8 Å². The summed E-state index contributed by atoms with van der Waals surface area (Å²) < 4.78 is 5.19. The van der Waals surface area contributed by atoms with E-state index in [0.29, 0.717) is 17.0 Å². The molecule has 0 saturated carbocycles. The lowest BCUT2D eigenvalue weighted by Crippen LogP contribution is -2.57. The highest BCUT2D eigenvalue weighted by atomic mass is 16.3. The smallest absolute Gasteiger partial charge is 0.324 e. The number of fused-ring (bicyclic) bond motifs is 1. The number of amides is 4. The number of anilines is 1. The zero-order chi connectivity index (χ0) is 18.8. The van der Waals surface area contributed by atoms with E-state index in [1.165, 1.54) is 6.26 Å². The standard InChI is InChI=1S/C19H16N4O4/c24-17(22-15-7-1-4-12-5-2-8-20-16(12)15)14-10-21-19(26)23(18(14)25)11-13-6-3-9-27-13/h1-9,14H,10-11H2,(H,21,26)(H,22,24). The van der Waals surface area contributed by atoms with Crippen molar-refractivity contribution in [2.24, 2.45) is 5.92 Å². The van der Waals surface area contributed by atoms with Crippen molar-refractivity contribution >= 4 is 34.4 Å². The highest BCUT2D eigenvalue weighted by Crippen LogP contribution is 2.22. The topological polar surface area (TPSA) is 105 Å². The number of para-hydroxylation sites is 1. The molecule has 2 aromatic heterocycles. The number of carbonyl (C=O) groups is 3. The first-order chi connectivity index (χ1) is 13.1. The molecule has 0 aliphatic carbocycles. The van der Waals surface area contributed by atoms with Crippen LogP contribution in [0.25, 0.3) is 10.9 Å². The maximum atomic E-state index is 12.7. The van der Waals surface area contributed by atoms with E-state index < -0.39 is 23.8 Å². The molecule has 136 valence electrons. The van der Waals surface area contributed by atoms with Crippen LogP contribution in [0, 0.1) is 5.92 Å². The van der Waals surface area contributed by atoms with E-state index in [2.05, 4.69) is 15.6 Å². The second kappa shape index (κ2) is 6.91. The van der Waals surface area contributed by atoms with Crippen LogP contribution in [0.3, 0.4) is 0 Å². The number of hydrogen-bond acceptors (Lipinski definition) is 5. The highest BCUT2D eigenvalue weighted by Gasteiger charge is 2.39. The van der Waals surface area contributed by atoms with Gasteiger partial charge in [-0.15, -0.1) is 0 Å². The molecule has 2 N–H and O–H groups in total.